The highest BCUT2D eigenvalue weighted by Crippen LogP contribution is 2.04. The van der Waals surface area contributed by atoms with E-state index in [0.717, 1.165) is 12.2 Å². The van der Waals surface area contributed by atoms with Crippen molar-refractivity contribution in [2.24, 2.45) is 0 Å². The van der Waals surface area contributed by atoms with E-state index in [2.05, 4.69) is 5.32 Å². The number of nitrogens with zero attached hydrogens (tertiary/aromatic N) is 2. The number of rotatable bonds is 5. The van der Waals surface area contributed by atoms with Gasteiger partial charge in [0, 0.05) is 39.1 Å². The van der Waals surface area contributed by atoms with Gasteiger partial charge >= 0.3 is 12.0 Å². The molecule has 116 valence electrons. The van der Waals surface area contributed by atoms with Crippen LogP contribution in [-0.2, 0) is 11.2 Å². The first kappa shape index (κ1) is 15.4. The van der Waals surface area contributed by atoms with E-state index >= 15 is 0 Å². The summed E-state index contributed by atoms with van der Waals surface area (Å²) in [7, 11) is 0. The fourth-order valence-electron chi connectivity index (χ4n) is 2.38. The molecule has 0 saturated carbocycles. The molecule has 1 saturated heterocycles. The molecular weight excluding hydrogens is 274 g/mol. The van der Waals surface area contributed by atoms with Crippen LogP contribution in [0.2, 0.25) is 0 Å². The summed E-state index contributed by atoms with van der Waals surface area (Å²) in [5.74, 6) is 0.0187. The number of furan rings is 1. The molecule has 1 aliphatic rings. The van der Waals surface area contributed by atoms with Crippen LogP contribution in [0.3, 0.4) is 0 Å². The maximum Gasteiger partial charge on any atom is 0.317 e. The summed E-state index contributed by atoms with van der Waals surface area (Å²) < 4.78 is 5.20. The van der Waals surface area contributed by atoms with Gasteiger partial charge in [-0.2, -0.15) is 0 Å². The van der Waals surface area contributed by atoms with Crippen molar-refractivity contribution < 1.29 is 19.1 Å². The second kappa shape index (κ2) is 7.68. The molecule has 0 atom stereocenters. The number of carboxylic acids is 1. The van der Waals surface area contributed by atoms with E-state index < -0.39 is 5.97 Å². The van der Waals surface area contributed by atoms with Crippen molar-refractivity contribution in [2.75, 3.05) is 39.3 Å². The molecular formula is C14H21N3O4. The topological polar surface area (TPSA) is 86.0 Å². The summed E-state index contributed by atoms with van der Waals surface area (Å²) in [6.45, 7) is 3.08. The number of urea groups is 1. The molecule has 0 radical (unpaired) electrons. The minimum atomic E-state index is -0.827. The largest absolute Gasteiger partial charge is 0.480 e. The van der Waals surface area contributed by atoms with Crippen molar-refractivity contribution in [3.8, 4) is 0 Å². The van der Waals surface area contributed by atoms with Crippen molar-refractivity contribution in [1.29, 1.82) is 0 Å². The lowest BCUT2D eigenvalue weighted by Gasteiger charge is -2.21. The fraction of sp³-hybridized carbons (Fsp3) is 0.571. The van der Waals surface area contributed by atoms with E-state index in [1.807, 2.05) is 17.0 Å². The first-order valence-electron chi connectivity index (χ1n) is 7.14. The Morgan fingerprint density at radius 3 is 2.86 bits per heavy atom. The molecule has 0 unspecified atom stereocenters. The third kappa shape index (κ3) is 5.11. The number of hydrogen-bond donors (Lipinski definition) is 2. The van der Waals surface area contributed by atoms with Crippen LogP contribution in [0.5, 0.6) is 0 Å². The Hall–Kier alpha value is -2.02. The van der Waals surface area contributed by atoms with Gasteiger partial charge in [0.25, 0.3) is 0 Å². The van der Waals surface area contributed by atoms with Gasteiger partial charge in [0.1, 0.15) is 5.76 Å². The number of carboxylic acid groups (broad SMARTS) is 1. The Morgan fingerprint density at radius 1 is 1.29 bits per heavy atom. The van der Waals surface area contributed by atoms with Crippen LogP contribution in [0.25, 0.3) is 0 Å². The molecule has 2 rings (SSSR count). The molecule has 0 bridgehead atoms. The van der Waals surface area contributed by atoms with Gasteiger partial charge in [-0.3, -0.25) is 9.69 Å². The lowest BCUT2D eigenvalue weighted by molar-refractivity contribution is -0.138. The van der Waals surface area contributed by atoms with Crippen molar-refractivity contribution in [3.63, 3.8) is 0 Å². The Kier molecular flexibility index (Phi) is 5.62. The number of carbonyl (C=O) groups is 2. The zero-order valence-corrected chi connectivity index (χ0v) is 12.0. The molecule has 7 nitrogen and oxygen atoms in total. The molecule has 1 aromatic rings. The van der Waals surface area contributed by atoms with Crippen LogP contribution in [-0.4, -0.2) is 66.2 Å². The zero-order chi connectivity index (χ0) is 15.1. The first-order chi connectivity index (χ1) is 10.1. The van der Waals surface area contributed by atoms with Crippen molar-refractivity contribution >= 4 is 12.0 Å². The highest BCUT2D eigenvalue weighted by Gasteiger charge is 2.19. The number of amides is 2. The summed E-state index contributed by atoms with van der Waals surface area (Å²) in [5, 5.41) is 11.7. The van der Waals surface area contributed by atoms with Crippen molar-refractivity contribution in [1.82, 2.24) is 15.1 Å². The van der Waals surface area contributed by atoms with Gasteiger partial charge in [-0.1, -0.05) is 0 Å². The number of aliphatic carboxylic acids is 1. The van der Waals surface area contributed by atoms with E-state index in [0.29, 0.717) is 39.1 Å². The third-order valence-corrected chi connectivity index (χ3v) is 3.46. The van der Waals surface area contributed by atoms with E-state index in [1.54, 1.807) is 11.2 Å². The molecule has 7 heteroatoms. The molecule has 1 aromatic heterocycles. The van der Waals surface area contributed by atoms with Gasteiger partial charge in [0.15, 0.2) is 0 Å². The quantitative estimate of drug-likeness (QED) is 0.832. The SMILES string of the molecule is O=C(O)CN1CCCN(C(=O)NCCc2ccco2)CC1. The highest BCUT2D eigenvalue weighted by molar-refractivity contribution is 5.74. The average molecular weight is 295 g/mol. The average Bonchev–Trinajstić information content (AvgIpc) is 2.84. The van der Waals surface area contributed by atoms with Crippen LogP contribution in [0.4, 0.5) is 4.79 Å². The second-order valence-corrected chi connectivity index (χ2v) is 5.07. The molecule has 0 aliphatic carbocycles. The van der Waals surface area contributed by atoms with E-state index in [1.165, 1.54) is 0 Å². The van der Waals surface area contributed by atoms with Crippen molar-refractivity contribution in [3.05, 3.63) is 24.2 Å². The van der Waals surface area contributed by atoms with Gasteiger partial charge < -0.3 is 19.7 Å². The molecule has 0 spiro atoms. The minimum Gasteiger partial charge on any atom is -0.480 e. The molecule has 1 aliphatic heterocycles. The van der Waals surface area contributed by atoms with Gasteiger partial charge in [0.2, 0.25) is 0 Å². The van der Waals surface area contributed by atoms with E-state index in [4.69, 9.17) is 9.52 Å². The first-order valence-corrected chi connectivity index (χ1v) is 7.14. The maximum absolute atomic E-state index is 12.1. The maximum atomic E-state index is 12.1. The normalized spacial score (nSPS) is 16.5. The molecule has 2 heterocycles. The number of hydrogen-bond acceptors (Lipinski definition) is 4. The predicted molar refractivity (Wildman–Crippen MR) is 76.1 cm³/mol. The molecule has 2 amide bonds. The summed E-state index contributed by atoms with van der Waals surface area (Å²) in [4.78, 5) is 26.4. The summed E-state index contributed by atoms with van der Waals surface area (Å²) in [5.41, 5.74) is 0. The Bertz CT molecular complexity index is 461. The minimum absolute atomic E-state index is 0.0357. The van der Waals surface area contributed by atoms with E-state index in [9.17, 15) is 9.59 Å². The van der Waals surface area contributed by atoms with Gasteiger partial charge in [-0.05, 0) is 18.6 Å². The summed E-state index contributed by atoms with van der Waals surface area (Å²) in [6.07, 6.45) is 3.07. The fourth-order valence-corrected chi connectivity index (χ4v) is 2.38. The van der Waals surface area contributed by atoms with Gasteiger partial charge in [0.05, 0.1) is 12.8 Å². The van der Waals surface area contributed by atoms with Crippen LogP contribution < -0.4 is 5.32 Å². The summed E-state index contributed by atoms with van der Waals surface area (Å²) in [6, 6.07) is 3.60. The lowest BCUT2D eigenvalue weighted by atomic mass is 10.3. The van der Waals surface area contributed by atoms with Gasteiger partial charge in [-0.25, -0.2) is 4.79 Å². The van der Waals surface area contributed by atoms with Gasteiger partial charge in [-0.15, -0.1) is 0 Å². The number of nitrogens with one attached hydrogen (secondary N) is 1. The van der Waals surface area contributed by atoms with E-state index in [-0.39, 0.29) is 12.6 Å². The van der Waals surface area contributed by atoms with Crippen LogP contribution in [0.15, 0.2) is 22.8 Å². The smallest absolute Gasteiger partial charge is 0.317 e. The zero-order valence-electron chi connectivity index (χ0n) is 12.0. The lowest BCUT2D eigenvalue weighted by Crippen LogP contribution is -2.43. The second-order valence-electron chi connectivity index (χ2n) is 5.07. The predicted octanol–water partition coefficient (Wildman–Crippen LogP) is 0.624. The molecule has 0 aromatic carbocycles. The van der Waals surface area contributed by atoms with Crippen LogP contribution >= 0.6 is 0 Å². The molecule has 1 fully saturated rings. The Morgan fingerprint density at radius 2 is 2.14 bits per heavy atom. The monoisotopic (exact) mass is 295 g/mol. The highest BCUT2D eigenvalue weighted by atomic mass is 16.4. The molecule has 2 N–H and O–H groups in total. The Labute approximate surface area is 123 Å². The van der Waals surface area contributed by atoms with Crippen LogP contribution in [0, 0.1) is 0 Å². The number of carbonyl (C=O) groups excluding carboxylic acids is 1. The van der Waals surface area contributed by atoms with Crippen LogP contribution in [0.1, 0.15) is 12.2 Å². The third-order valence-electron chi connectivity index (χ3n) is 3.46. The van der Waals surface area contributed by atoms with Crippen molar-refractivity contribution in [2.45, 2.75) is 12.8 Å². The molecule has 21 heavy (non-hydrogen) atoms. The summed E-state index contributed by atoms with van der Waals surface area (Å²) >= 11 is 0. The Balaban J connectivity index is 1.71. The standard InChI is InChI=1S/C14H21N3O4/c18-13(19)11-16-6-2-7-17(9-8-16)14(20)15-5-4-12-3-1-10-21-12/h1,3,10H,2,4-9,11H2,(H,15,20)(H,18,19).